The molecule has 0 aliphatic heterocycles. The van der Waals surface area contributed by atoms with Gasteiger partial charge in [-0.3, -0.25) is 0 Å². The molecule has 1 heterocycles. The lowest BCUT2D eigenvalue weighted by Crippen LogP contribution is -1.86. The standard InChI is InChI=1S/C11H9NS/c1-7-5-11-9(3-4-13-11)10(6-12)8(7)2/h3-5H,1-2H3. The van der Waals surface area contributed by atoms with Gasteiger partial charge in [0.15, 0.2) is 0 Å². The quantitative estimate of drug-likeness (QED) is 0.620. The zero-order valence-electron chi connectivity index (χ0n) is 7.59. The van der Waals surface area contributed by atoms with Crippen LogP contribution in [-0.2, 0) is 0 Å². The Morgan fingerprint density at radius 1 is 1.38 bits per heavy atom. The summed E-state index contributed by atoms with van der Waals surface area (Å²) >= 11 is 1.69. The number of nitrogens with zero attached hydrogens (tertiary/aromatic N) is 1. The maximum Gasteiger partial charge on any atom is 0.100 e. The lowest BCUT2D eigenvalue weighted by atomic mass is 10.0. The van der Waals surface area contributed by atoms with Gasteiger partial charge in [-0.2, -0.15) is 5.26 Å². The monoisotopic (exact) mass is 187 g/mol. The van der Waals surface area contributed by atoms with Crippen molar-refractivity contribution in [2.45, 2.75) is 13.8 Å². The molecule has 0 amide bonds. The van der Waals surface area contributed by atoms with Crippen LogP contribution >= 0.6 is 11.3 Å². The minimum atomic E-state index is 0.830. The van der Waals surface area contributed by atoms with Crippen LogP contribution < -0.4 is 0 Å². The van der Waals surface area contributed by atoms with E-state index < -0.39 is 0 Å². The summed E-state index contributed by atoms with van der Waals surface area (Å²) < 4.78 is 1.21. The highest BCUT2D eigenvalue weighted by molar-refractivity contribution is 7.17. The van der Waals surface area contributed by atoms with Gasteiger partial charge in [-0.15, -0.1) is 11.3 Å². The first kappa shape index (κ1) is 8.28. The maximum atomic E-state index is 9.01. The van der Waals surface area contributed by atoms with Crippen LogP contribution in [0.4, 0.5) is 0 Å². The predicted molar refractivity (Wildman–Crippen MR) is 56.0 cm³/mol. The molecule has 0 atom stereocenters. The first-order chi connectivity index (χ1) is 6.24. The number of thiophene rings is 1. The Labute approximate surface area is 81.2 Å². The molecule has 0 bridgehead atoms. The van der Waals surface area contributed by atoms with Crippen molar-refractivity contribution in [1.29, 1.82) is 5.26 Å². The van der Waals surface area contributed by atoms with Crippen LogP contribution in [0.3, 0.4) is 0 Å². The van der Waals surface area contributed by atoms with Gasteiger partial charge in [0.05, 0.1) is 5.56 Å². The van der Waals surface area contributed by atoms with E-state index in [2.05, 4.69) is 19.1 Å². The molecule has 1 aromatic carbocycles. The van der Waals surface area contributed by atoms with Crippen LogP contribution in [0.1, 0.15) is 16.7 Å². The van der Waals surface area contributed by atoms with Gasteiger partial charge in [0.25, 0.3) is 0 Å². The fourth-order valence-electron chi connectivity index (χ4n) is 1.49. The van der Waals surface area contributed by atoms with Crippen LogP contribution in [0, 0.1) is 25.2 Å². The Morgan fingerprint density at radius 2 is 2.15 bits per heavy atom. The van der Waals surface area contributed by atoms with Crippen molar-refractivity contribution >= 4 is 21.4 Å². The second-order valence-electron chi connectivity index (χ2n) is 3.14. The lowest BCUT2D eigenvalue weighted by Gasteiger charge is -2.02. The van der Waals surface area contributed by atoms with Gasteiger partial charge in [-0.05, 0) is 42.5 Å². The first-order valence-corrected chi connectivity index (χ1v) is 4.99. The minimum Gasteiger partial charge on any atom is -0.192 e. The molecular formula is C11H9NS. The summed E-state index contributed by atoms with van der Waals surface area (Å²) in [5.74, 6) is 0. The number of aryl methyl sites for hydroxylation is 1. The van der Waals surface area contributed by atoms with Crippen molar-refractivity contribution in [2.75, 3.05) is 0 Å². The molecule has 0 radical (unpaired) electrons. The molecule has 0 spiro atoms. The van der Waals surface area contributed by atoms with E-state index >= 15 is 0 Å². The zero-order chi connectivity index (χ0) is 9.42. The highest BCUT2D eigenvalue weighted by Crippen LogP contribution is 2.28. The molecule has 1 nitrogen and oxygen atoms in total. The van der Waals surface area contributed by atoms with Crippen molar-refractivity contribution in [2.24, 2.45) is 0 Å². The third-order valence-electron chi connectivity index (χ3n) is 2.39. The van der Waals surface area contributed by atoms with Crippen molar-refractivity contribution < 1.29 is 0 Å². The molecule has 0 unspecified atom stereocenters. The van der Waals surface area contributed by atoms with E-state index in [1.165, 1.54) is 10.3 Å². The highest BCUT2D eigenvalue weighted by atomic mass is 32.1. The van der Waals surface area contributed by atoms with E-state index in [0.717, 1.165) is 16.5 Å². The largest absolute Gasteiger partial charge is 0.192 e. The van der Waals surface area contributed by atoms with Crippen molar-refractivity contribution in [3.63, 3.8) is 0 Å². The van der Waals surface area contributed by atoms with E-state index in [1.54, 1.807) is 11.3 Å². The van der Waals surface area contributed by atoms with Gasteiger partial charge in [0, 0.05) is 10.1 Å². The number of hydrogen-bond donors (Lipinski definition) is 0. The Hall–Kier alpha value is -1.33. The van der Waals surface area contributed by atoms with Crippen molar-refractivity contribution in [1.82, 2.24) is 0 Å². The number of hydrogen-bond acceptors (Lipinski definition) is 2. The molecule has 64 valence electrons. The van der Waals surface area contributed by atoms with E-state index in [9.17, 15) is 0 Å². The molecule has 0 N–H and O–H groups in total. The fourth-order valence-corrected chi connectivity index (χ4v) is 2.38. The van der Waals surface area contributed by atoms with Gasteiger partial charge < -0.3 is 0 Å². The second kappa shape index (κ2) is 2.86. The minimum absolute atomic E-state index is 0.830. The SMILES string of the molecule is Cc1cc2sccc2c(C#N)c1C. The third kappa shape index (κ3) is 1.13. The Kier molecular flexibility index (Phi) is 1.82. The molecule has 1 aromatic heterocycles. The molecule has 0 aliphatic rings. The maximum absolute atomic E-state index is 9.01. The van der Waals surface area contributed by atoms with E-state index in [4.69, 9.17) is 5.26 Å². The molecule has 0 saturated heterocycles. The average Bonchev–Trinajstić information content (AvgIpc) is 2.54. The first-order valence-electron chi connectivity index (χ1n) is 4.11. The molecule has 0 saturated carbocycles. The third-order valence-corrected chi connectivity index (χ3v) is 3.25. The highest BCUT2D eigenvalue weighted by Gasteiger charge is 2.07. The lowest BCUT2D eigenvalue weighted by molar-refractivity contribution is 1.34. The average molecular weight is 187 g/mol. The molecule has 0 aliphatic carbocycles. The van der Waals surface area contributed by atoms with E-state index in [-0.39, 0.29) is 0 Å². The number of nitriles is 1. The molecule has 0 fully saturated rings. The molecule has 2 heteroatoms. The zero-order valence-corrected chi connectivity index (χ0v) is 8.40. The van der Waals surface area contributed by atoms with Crippen LogP contribution in [0.5, 0.6) is 0 Å². The van der Waals surface area contributed by atoms with E-state index in [1.807, 2.05) is 18.4 Å². The summed E-state index contributed by atoms with van der Waals surface area (Å²) in [5, 5.41) is 12.1. The Balaban J connectivity index is 2.98. The predicted octanol–water partition coefficient (Wildman–Crippen LogP) is 3.39. The summed E-state index contributed by atoms with van der Waals surface area (Å²) in [6, 6.07) is 6.44. The molecule has 2 aromatic rings. The van der Waals surface area contributed by atoms with Gasteiger partial charge in [0.1, 0.15) is 6.07 Å². The summed E-state index contributed by atoms with van der Waals surface area (Å²) in [7, 11) is 0. The van der Waals surface area contributed by atoms with E-state index in [0.29, 0.717) is 0 Å². The summed E-state index contributed by atoms with van der Waals surface area (Å²) in [6.45, 7) is 4.06. The fraction of sp³-hybridized carbons (Fsp3) is 0.182. The molecular weight excluding hydrogens is 178 g/mol. The molecule has 2 rings (SSSR count). The Bertz CT molecular complexity index is 503. The van der Waals surface area contributed by atoms with Gasteiger partial charge in [-0.1, -0.05) is 0 Å². The number of rotatable bonds is 0. The number of benzene rings is 1. The summed E-state index contributed by atoms with van der Waals surface area (Å²) in [4.78, 5) is 0. The Morgan fingerprint density at radius 3 is 2.85 bits per heavy atom. The van der Waals surface area contributed by atoms with Crippen molar-refractivity contribution in [3.05, 3.63) is 34.2 Å². The van der Waals surface area contributed by atoms with Crippen LogP contribution in [-0.4, -0.2) is 0 Å². The second-order valence-corrected chi connectivity index (χ2v) is 4.09. The summed E-state index contributed by atoms with van der Waals surface area (Å²) in [6.07, 6.45) is 0. The summed E-state index contributed by atoms with van der Waals surface area (Å²) in [5.41, 5.74) is 3.14. The van der Waals surface area contributed by atoms with Gasteiger partial charge >= 0.3 is 0 Å². The normalized spacial score (nSPS) is 10.2. The molecule has 13 heavy (non-hydrogen) atoms. The van der Waals surface area contributed by atoms with Gasteiger partial charge in [-0.25, -0.2) is 0 Å². The van der Waals surface area contributed by atoms with Crippen LogP contribution in [0.2, 0.25) is 0 Å². The number of fused-ring (bicyclic) bond motifs is 1. The van der Waals surface area contributed by atoms with Gasteiger partial charge in [0.2, 0.25) is 0 Å². The van der Waals surface area contributed by atoms with Crippen LogP contribution in [0.25, 0.3) is 10.1 Å². The smallest absolute Gasteiger partial charge is 0.100 e. The van der Waals surface area contributed by atoms with Crippen molar-refractivity contribution in [3.8, 4) is 6.07 Å². The van der Waals surface area contributed by atoms with Crippen LogP contribution in [0.15, 0.2) is 17.5 Å². The topological polar surface area (TPSA) is 23.8 Å².